The van der Waals surface area contributed by atoms with Crippen molar-refractivity contribution in [2.45, 2.75) is 18.6 Å². The molecule has 5 nitrogen and oxygen atoms in total. The predicted octanol–water partition coefficient (Wildman–Crippen LogP) is 4.94. The summed E-state index contributed by atoms with van der Waals surface area (Å²) in [4.78, 5) is 16.6. The molecule has 0 bridgehead atoms. The minimum Gasteiger partial charge on any atom is -0.368 e. The van der Waals surface area contributed by atoms with Crippen LogP contribution >= 0.6 is 11.3 Å². The fraction of sp³-hybridized carbons (Fsp3) is 0.348. The number of hydrogen-bond donors (Lipinski definition) is 1. The van der Waals surface area contributed by atoms with E-state index in [0.717, 1.165) is 11.6 Å². The minimum atomic E-state index is -4.51. The van der Waals surface area contributed by atoms with E-state index in [4.69, 9.17) is 0 Å². The molecule has 4 rings (SSSR count). The van der Waals surface area contributed by atoms with Crippen LogP contribution in [0.5, 0.6) is 0 Å². The summed E-state index contributed by atoms with van der Waals surface area (Å²) in [5, 5.41) is 6.59. The van der Waals surface area contributed by atoms with Crippen molar-refractivity contribution in [3.8, 4) is 0 Å². The Balaban J connectivity index is 1.53. The van der Waals surface area contributed by atoms with Crippen LogP contribution in [0.3, 0.4) is 0 Å². The van der Waals surface area contributed by atoms with Crippen LogP contribution in [0.1, 0.15) is 23.6 Å². The van der Waals surface area contributed by atoms with E-state index in [2.05, 4.69) is 10.2 Å². The highest BCUT2D eigenvalue weighted by molar-refractivity contribution is 7.08. The molecule has 1 aliphatic heterocycles. The monoisotopic (exact) mass is 462 g/mol. The van der Waals surface area contributed by atoms with Crippen molar-refractivity contribution in [2.24, 2.45) is 0 Å². The first-order valence-corrected chi connectivity index (χ1v) is 11.3. The number of nitrogens with zero attached hydrogens (tertiary/aromatic N) is 3. The van der Waals surface area contributed by atoms with Crippen molar-refractivity contribution in [1.82, 2.24) is 9.47 Å². The number of rotatable bonds is 6. The van der Waals surface area contributed by atoms with Gasteiger partial charge in [-0.15, -0.1) is 0 Å². The number of alkyl halides is 3. The second kappa shape index (κ2) is 9.38. The number of amides is 1. The Hall–Kier alpha value is -2.78. The summed E-state index contributed by atoms with van der Waals surface area (Å²) in [5.74, 6) is -0.338. The van der Waals surface area contributed by atoms with Crippen LogP contribution in [0, 0.1) is 0 Å². The first-order valence-electron chi connectivity index (χ1n) is 10.4. The fourth-order valence-corrected chi connectivity index (χ4v) is 4.67. The number of carbonyl (C=O) groups is 1. The number of piperazine rings is 1. The Morgan fingerprint density at radius 1 is 1.12 bits per heavy atom. The largest absolute Gasteiger partial charge is 0.418 e. The zero-order chi connectivity index (χ0) is 22.7. The Morgan fingerprint density at radius 3 is 2.47 bits per heavy atom. The van der Waals surface area contributed by atoms with Gasteiger partial charge in [-0.05, 0) is 59.8 Å². The van der Waals surface area contributed by atoms with Crippen LogP contribution in [-0.2, 0) is 11.0 Å². The highest BCUT2D eigenvalue weighted by Crippen LogP contribution is 2.38. The number of aromatic nitrogens is 1. The lowest BCUT2D eigenvalue weighted by molar-refractivity contribution is -0.137. The van der Waals surface area contributed by atoms with Gasteiger partial charge in [0.05, 0.1) is 18.0 Å². The zero-order valence-electron chi connectivity index (χ0n) is 17.7. The quantitative estimate of drug-likeness (QED) is 0.564. The number of anilines is 2. The third-order valence-corrected chi connectivity index (χ3v) is 6.43. The summed E-state index contributed by atoms with van der Waals surface area (Å²) in [5.41, 5.74) is 0.575. The molecule has 1 aliphatic rings. The lowest BCUT2D eigenvalue weighted by Gasteiger charge is -2.35. The summed E-state index contributed by atoms with van der Waals surface area (Å²) in [6, 6.07) is 9.55. The van der Waals surface area contributed by atoms with E-state index in [1.807, 2.05) is 53.0 Å². The summed E-state index contributed by atoms with van der Waals surface area (Å²) >= 11 is 1.54. The van der Waals surface area contributed by atoms with Gasteiger partial charge in [-0.3, -0.25) is 4.79 Å². The lowest BCUT2D eigenvalue weighted by Crippen LogP contribution is -2.45. The molecule has 3 aromatic rings. The van der Waals surface area contributed by atoms with Gasteiger partial charge in [0, 0.05) is 49.9 Å². The summed E-state index contributed by atoms with van der Waals surface area (Å²) in [6.45, 7) is 2.48. The van der Waals surface area contributed by atoms with Gasteiger partial charge in [-0.2, -0.15) is 24.5 Å². The number of hydrogen-bond acceptors (Lipinski definition) is 4. The molecule has 1 atom stereocenters. The maximum Gasteiger partial charge on any atom is 0.418 e. The van der Waals surface area contributed by atoms with Crippen LogP contribution < -0.4 is 10.2 Å². The average Bonchev–Trinajstić information content (AvgIpc) is 3.47. The zero-order valence-corrected chi connectivity index (χ0v) is 18.5. The molecule has 1 fully saturated rings. The Labute approximate surface area is 189 Å². The molecule has 1 amide bonds. The molecule has 2 aromatic heterocycles. The minimum absolute atomic E-state index is 0.118. The van der Waals surface area contributed by atoms with E-state index in [1.54, 1.807) is 11.0 Å². The molecule has 0 saturated carbocycles. The smallest absolute Gasteiger partial charge is 0.368 e. The third kappa shape index (κ3) is 5.16. The van der Waals surface area contributed by atoms with Crippen LogP contribution in [0.25, 0.3) is 0 Å². The molecular weight excluding hydrogens is 437 g/mol. The molecule has 0 aliphatic carbocycles. The van der Waals surface area contributed by atoms with Crippen molar-refractivity contribution < 1.29 is 18.0 Å². The molecule has 1 unspecified atom stereocenters. The lowest BCUT2D eigenvalue weighted by atomic mass is 10.1. The standard InChI is InChI=1S/C23H25F3N4OS/c1-28-9-11-30(12-10-28)20-5-4-18(14-19(20)23(24,25)26)27-22(31)15-21(17-6-13-32-16-17)29-7-2-3-8-29/h2-8,13-14,16,21H,9-12,15H2,1H3,(H,27,31). The SMILES string of the molecule is CN1CCN(c2ccc(NC(=O)CC(c3ccsc3)n3cccc3)cc2C(F)(F)F)CC1. The van der Waals surface area contributed by atoms with Gasteiger partial charge in [-0.1, -0.05) is 0 Å². The fourth-order valence-electron chi connectivity index (χ4n) is 3.97. The Kier molecular flexibility index (Phi) is 6.57. The van der Waals surface area contributed by atoms with Gasteiger partial charge in [-0.25, -0.2) is 0 Å². The molecule has 1 N–H and O–H groups in total. The number of nitrogens with one attached hydrogen (secondary N) is 1. The second-order valence-electron chi connectivity index (χ2n) is 7.98. The number of likely N-dealkylation sites (N-methyl/N-ethyl adjacent to an activating group) is 1. The second-order valence-corrected chi connectivity index (χ2v) is 8.76. The number of benzene rings is 1. The highest BCUT2D eigenvalue weighted by atomic mass is 32.1. The molecule has 1 aromatic carbocycles. The maximum atomic E-state index is 13.8. The molecule has 32 heavy (non-hydrogen) atoms. The molecule has 3 heterocycles. The van der Waals surface area contributed by atoms with Crippen LogP contribution in [0.4, 0.5) is 24.5 Å². The summed E-state index contributed by atoms with van der Waals surface area (Å²) in [6.07, 6.45) is -0.638. The molecule has 0 radical (unpaired) electrons. The van der Waals surface area contributed by atoms with E-state index in [0.29, 0.717) is 26.2 Å². The normalized spacial score (nSPS) is 16.2. The average molecular weight is 463 g/mol. The third-order valence-electron chi connectivity index (χ3n) is 5.72. The number of carbonyl (C=O) groups excluding carboxylic acids is 1. The Bertz CT molecular complexity index is 992. The van der Waals surface area contributed by atoms with Crippen molar-refractivity contribution in [2.75, 3.05) is 43.4 Å². The van der Waals surface area contributed by atoms with Gasteiger partial charge >= 0.3 is 6.18 Å². The number of thiophene rings is 1. The van der Waals surface area contributed by atoms with E-state index in [9.17, 15) is 18.0 Å². The van der Waals surface area contributed by atoms with Gasteiger partial charge in [0.25, 0.3) is 0 Å². The molecule has 0 spiro atoms. The van der Waals surface area contributed by atoms with Gasteiger partial charge < -0.3 is 19.7 Å². The summed E-state index contributed by atoms with van der Waals surface area (Å²) < 4.78 is 43.4. The van der Waals surface area contributed by atoms with Crippen LogP contribution in [0.2, 0.25) is 0 Å². The topological polar surface area (TPSA) is 40.5 Å². The predicted molar refractivity (Wildman–Crippen MR) is 121 cm³/mol. The molecular formula is C23H25F3N4OS. The number of halogens is 3. The first-order chi connectivity index (χ1) is 15.3. The van der Waals surface area contributed by atoms with Crippen LogP contribution in [-0.4, -0.2) is 48.6 Å². The summed E-state index contributed by atoms with van der Waals surface area (Å²) in [7, 11) is 1.96. The Morgan fingerprint density at radius 2 is 1.84 bits per heavy atom. The van der Waals surface area contributed by atoms with Crippen molar-refractivity contribution >= 4 is 28.6 Å². The van der Waals surface area contributed by atoms with Crippen molar-refractivity contribution in [3.05, 3.63) is 70.7 Å². The molecule has 9 heteroatoms. The molecule has 170 valence electrons. The highest BCUT2D eigenvalue weighted by Gasteiger charge is 2.36. The van der Waals surface area contributed by atoms with Gasteiger partial charge in [0.1, 0.15) is 0 Å². The van der Waals surface area contributed by atoms with E-state index in [1.165, 1.54) is 17.4 Å². The van der Waals surface area contributed by atoms with E-state index < -0.39 is 11.7 Å². The molecule has 1 saturated heterocycles. The van der Waals surface area contributed by atoms with Crippen molar-refractivity contribution in [1.29, 1.82) is 0 Å². The maximum absolute atomic E-state index is 13.8. The first kappa shape index (κ1) is 22.4. The van der Waals surface area contributed by atoms with Gasteiger partial charge in [0.15, 0.2) is 0 Å². The van der Waals surface area contributed by atoms with Gasteiger partial charge in [0.2, 0.25) is 5.91 Å². The van der Waals surface area contributed by atoms with E-state index >= 15 is 0 Å². The van der Waals surface area contributed by atoms with Crippen LogP contribution in [0.15, 0.2) is 59.6 Å². The van der Waals surface area contributed by atoms with Crippen molar-refractivity contribution in [3.63, 3.8) is 0 Å². The van der Waals surface area contributed by atoms with E-state index in [-0.39, 0.29) is 29.7 Å².